The van der Waals surface area contributed by atoms with E-state index < -0.39 is 0 Å². The fraction of sp³-hybridized carbons (Fsp3) is 0.357. The van der Waals surface area contributed by atoms with Gasteiger partial charge in [-0.3, -0.25) is 4.98 Å². The van der Waals surface area contributed by atoms with Crippen molar-refractivity contribution < 1.29 is 9.47 Å². The number of methoxy groups -OCH3 is 1. The third-order valence-electron chi connectivity index (χ3n) is 6.47. The van der Waals surface area contributed by atoms with E-state index in [1.807, 2.05) is 60.9 Å². The van der Waals surface area contributed by atoms with Crippen molar-refractivity contribution in [3.8, 4) is 11.5 Å². The summed E-state index contributed by atoms with van der Waals surface area (Å²) in [7, 11) is 1.67. The first-order valence-electron chi connectivity index (χ1n) is 12.7. The monoisotopic (exact) mass is 486 g/mol. The van der Waals surface area contributed by atoms with Gasteiger partial charge in [0.15, 0.2) is 11.5 Å². The molecule has 36 heavy (non-hydrogen) atoms. The number of likely N-dealkylation sites (tertiary alicyclic amines) is 1. The molecule has 1 aliphatic heterocycles. The van der Waals surface area contributed by atoms with Crippen molar-refractivity contribution in [1.29, 1.82) is 0 Å². The lowest BCUT2D eigenvalue weighted by molar-refractivity contribution is 0.254. The highest BCUT2D eigenvalue weighted by Crippen LogP contribution is 2.31. The average molecular weight is 487 g/mol. The van der Waals surface area contributed by atoms with E-state index in [4.69, 9.17) is 14.5 Å². The standard InChI is InChI=1S/C28H34N6O2/c1-35-24-11-10-22(19-25(24)36-18-6-17-34-15-2-3-16-34)32-27-9-4-8-26(33-27)29-14-12-21-20-31-23-7-5-13-30-28(21)23/h4-5,7-11,13,19-20,31H,2-3,6,12,14-18H2,1H3,(H2,29,32,33). The van der Waals surface area contributed by atoms with Crippen LogP contribution in [-0.2, 0) is 6.42 Å². The summed E-state index contributed by atoms with van der Waals surface area (Å²) in [4.78, 5) is 15.0. The molecule has 4 heterocycles. The van der Waals surface area contributed by atoms with Gasteiger partial charge in [-0.1, -0.05) is 6.07 Å². The van der Waals surface area contributed by atoms with Crippen LogP contribution in [0.1, 0.15) is 24.8 Å². The number of nitrogens with one attached hydrogen (secondary N) is 3. The summed E-state index contributed by atoms with van der Waals surface area (Å²) in [5, 5.41) is 6.81. The number of pyridine rings is 2. The largest absolute Gasteiger partial charge is 0.493 e. The van der Waals surface area contributed by atoms with Gasteiger partial charge in [-0.25, -0.2) is 4.98 Å². The maximum Gasteiger partial charge on any atom is 0.163 e. The number of hydrogen-bond donors (Lipinski definition) is 3. The molecule has 4 aromatic rings. The maximum atomic E-state index is 6.08. The third kappa shape index (κ3) is 6.07. The van der Waals surface area contributed by atoms with Crippen molar-refractivity contribution in [1.82, 2.24) is 19.9 Å². The van der Waals surface area contributed by atoms with Crippen LogP contribution in [0, 0.1) is 0 Å². The van der Waals surface area contributed by atoms with Gasteiger partial charge in [0.05, 0.1) is 24.8 Å². The van der Waals surface area contributed by atoms with Gasteiger partial charge in [-0.2, -0.15) is 0 Å². The van der Waals surface area contributed by atoms with Crippen molar-refractivity contribution >= 4 is 28.4 Å². The van der Waals surface area contributed by atoms with Crippen LogP contribution in [0.3, 0.4) is 0 Å². The second kappa shape index (κ2) is 11.8. The summed E-state index contributed by atoms with van der Waals surface area (Å²) in [5.74, 6) is 3.06. The first kappa shape index (κ1) is 23.9. The Morgan fingerprint density at radius 1 is 1.03 bits per heavy atom. The van der Waals surface area contributed by atoms with E-state index >= 15 is 0 Å². The molecule has 0 radical (unpaired) electrons. The normalized spacial score (nSPS) is 13.7. The van der Waals surface area contributed by atoms with Crippen LogP contribution >= 0.6 is 0 Å². The molecule has 5 rings (SSSR count). The molecule has 0 atom stereocenters. The maximum absolute atomic E-state index is 6.08. The number of benzene rings is 1. The number of anilines is 3. The number of hydrogen-bond acceptors (Lipinski definition) is 7. The minimum atomic E-state index is 0.667. The number of aromatic amines is 1. The Morgan fingerprint density at radius 3 is 2.81 bits per heavy atom. The number of rotatable bonds is 12. The third-order valence-corrected chi connectivity index (χ3v) is 6.47. The van der Waals surface area contributed by atoms with E-state index in [1.165, 1.54) is 31.5 Å². The fourth-order valence-corrected chi connectivity index (χ4v) is 4.62. The SMILES string of the molecule is COc1ccc(Nc2cccc(NCCc3c[nH]c4cccnc34)n2)cc1OCCCN1CCCC1. The predicted octanol–water partition coefficient (Wildman–Crippen LogP) is 5.23. The number of fused-ring (bicyclic) bond motifs is 1. The van der Waals surface area contributed by atoms with Crippen LogP contribution in [0.4, 0.5) is 17.3 Å². The predicted molar refractivity (Wildman–Crippen MR) is 145 cm³/mol. The summed E-state index contributed by atoms with van der Waals surface area (Å²) in [6, 6.07) is 15.8. The molecule has 1 aromatic carbocycles. The molecule has 0 spiro atoms. The Morgan fingerprint density at radius 2 is 1.92 bits per heavy atom. The Kier molecular flexibility index (Phi) is 7.83. The molecule has 1 fully saturated rings. The Balaban J connectivity index is 1.16. The molecular weight excluding hydrogens is 452 g/mol. The van der Waals surface area contributed by atoms with E-state index in [0.717, 1.165) is 65.8 Å². The number of nitrogens with zero attached hydrogens (tertiary/aromatic N) is 3. The zero-order valence-electron chi connectivity index (χ0n) is 20.8. The molecule has 8 heteroatoms. The topological polar surface area (TPSA) is 87.3 Å². The van der Waals surface area contributed by atoms with Crippen LogP contribution in [0.25, 0.3) is 11.0 Å². The molecule has 8 nitrogen and oxygen atoms in total. The van der Waals surface area contributed by atoms with Crippen molar-refractivity contribution in [3.05, 3.63) is 66.5 Å². The van der Waals surface area contributed by atoms with Crippen LogP contribution in [0.5, 0.6) is 11.5 Å². The minimum Gasteiger partial charge on any atom is -0.493 e. The second-order valence-electron chi connectivity index (χ2n) is 9.04. The molecule has 0 aliphatic carbocycles. The summed E-state index contributed by atoms with van der Waals surface area (Å²) >= 11 is 0. The van der Waals surface area contributed by atoms with E-state index in [0.29, 0.717) is 6.61 Å². The van der Waals surface area contributed by atoms with Gasteiger partial charge < -0.3 is 30.0 Å². The van der Waals surface area contributed by atoms with Crippen LogP contribution in [-0.4, -0.2) is 59.7 Å². The highest BCUT2D eigenvalue weighted by Gasteiger charge is 2.12. The fourth-order valence-electron chi connectivity index (χ4n) is 4.62. The smallest absolute Gasteiger partial charge is 0.163 e. The van der Waals surface area contributed by atoms with E-state index in [2.05, 4.69) is 25.5 Å². The second-order valence-corrected chi connectivity index (χ2v) is 9.04. The van der Waals surface area contributed by atoms with E-state index in [-0.39, 0.29) is 0 Å². The molecule has 0 amide bonds. The van der Waals surface area contributed by atoms with Crippen molar-refractivity contribution in [3.63, 3.8) is 0 Å². The van der Waals surface area contributed by atoms with Crippen LogP contribution < -0.4 is 20.1 Å². The quantitative estimate of drug-likeness (QED) is 0.236. The molecule has 188 valence electrons. The zero-order chi connectivity index (χ0) is 24.6. The van der Waals surface area contributed by atoms with Crippen molar-refractivity contribution in [2.45, 2.75) is 25.7 Å². The highest BCUT2D eigenvalue weighted by molar-refractivity contribution is 5.78. The number of ether oxygens (including phenoxy) is 2. The molecule has 0 unspecified atom stereocenters. The zero-order valence-corrected chi connectivity index (χ0v) is 20.8. The molecule has 0 saturated carbocycles. The van der Waals surface area contributed by atoms with Gasteiger partial charge >= 0.3 is 0 Å². The molecule has 3 N–H and O–H groups in total. The van der Waals surface area contributed by atoms with Gasteiger partial charge in [-0.15, -0.1) is 0 Å². The molecule has 0 bridgehead atoms. The average Bonchev–Trinajstić information content (AvgIpc) is 3.57. The minimum absolute atomic E-state index is 0.667. The Bertz CT molecular complexity index is 1270. The van der Waals surface area contributed by atoms with Crippen molar-refractivity contribution in [2.75, 3.05) is 50.5 Å². The summed E-state index contributed by atoms with van der Waals surface area (Å²) in [6.45, 7) is 4.94. The summed E-state index contributed by atoms with van der Waals surface area (Å²) in [5.41, 5.74) is 4.18. The lowest BCUT2D eigenvalue weighted by atomic mass is 10.2. The molecule has 1 saturated heterocycles. The lowest BCUT2D eigenvalue weighted by Gasteiger charge is -2.16. The lowest BCUT2D eigenvalue weighted by Crippen LogP contribution is -2.21. The van der Waals surface area contributed by atoms with Crippen LogP contribution in [0.15, 0.2) is 60.9 Å². The Labute approximate surface area is 212 Å². The van der Waals surface area contributed by atoms with Gasteiger partial charge in [-0.05, 0) is 80.7 Å². The van der Waals surface area contributed by atoms with Crippen LogP contribution in [0.2, 0.25) is 0 Å². The molecular formula is C28H34N6O2. The molecule has 1 aliphatic rings. The first-order chi connectivity index (χ1) is 17.8. The van der Waals surface area contributed by atoms with E-state index in [9.17, 15) is 0 Å². The van der Waals surface area contributed by atoms with Gasteiger partial charge in [0, 0.05) is 37.2 Å². The number of H-pyrrole nitrogens is 1. The number of aromatic nitrogens is 3. The van der Waals surface area contributed by atoms with Gasteiger partial charge in [0.1, 0.15) is 11.6 Å². The summed E-state index contributed by atoms with van der Waals surface area (Å²) < 4.78 is 11.6. The van der Waals surface area contributed by atoms with Crippen molar-refractivity contribution in [2.24, 2.45) is 0 Å². The highest BCUT2D eigenvalue weighted by atomic mass is 16.5. The van der Waals surface area contributed by atoms with E-state index in [1.54, 1.807) is 7.11 Å². The van der Waals surface area contributed by atoms with Gasteiger partial charge in [0.2, 0.25) is 0 Å². The van der Waals surface area contributed by atoms with Gasteiger partial charge in [0.25, 0.3) is 0 Å². The summed E-state index contributed by atoms with van der Waals surface area (Å²) in [6.07, 6.45) is 8.34. The first-order valence-corrected chi connectivity index (χ1v) is 12.7. The molecule has 3 aromatic heterocycles. The Hall–Kier alpha value is -3.78.